The van der Waals surface area contributed by atoms with Crippen LogP contribution in [0.4, 0.5) is 5.69 Å². The highest BCUT2D eigenvalue weighted by atomic mass is 35.5. The molecule has 0 radical (unpaired) electrons. The number of anilines is 1. The molecule has 1 amide bonds. The Kier molecular flexibility index (Phi) is 5.97. The van der Waals surface area contributed by atoms with Crippen LogP contribution in [-0.2, 0) is 4.79 Å². The minimum absolute atomic E-state index is 0.0891. The van der Waals surface area contributed by atoms with Gasteiger partial charge in [0.2, 0.25) is 5.91 Å². The molecule has 3 nitrogen and oxygen atoms in total. The number of amides is 1. The molecule has 5 heteroatoms. The molecule has 0 aliphatic heterocycles. The van der Waals surface area contributed by atoms with Crippen molar-refractivity contribution in [3.8, 4) is 5.75 Å². The summed E-state index contributed by atoms with van der Waals surface area (Å²) < 4.78 is 5.25. The van der Waals surface area contributed by atoms with Crippen LogP contribution in [0.1, 0.15) is 18.1 Å². The lowest BCUT2D eigenvalue weighted by atomic mass is 10.1. The van der Waals surface area contributed by atoms with Crippen LogP contribution in [-0.4, -0.2) is 18.3 Å². The number of hydrogen-bond acceptors (Lipinski definition) is 3. The van der Waals surface area contributed by atoms with Gasteiger partial charge in [-0.2, -0.15) is 0 Å². The molecule has 0 spiro atoms. The summed E-state index contributed by atoms with van der Waals surface area (Å²) in [5.74, 6) is 0.500. The van der Waals surface area contributed by atoms with Gasteiger partial charge in [-0.1, -0.05) is 17.7 Å². The van der Waals surface area contributed by atoms with E-state index in [4.69, 9.17) is 16.3 Å². The van der Waals surface area contributed by atoms with E-state index in [0.29, 0.717) is 16.5 Å². The zero-order valence-electron chi connectivity index (χ0n) is 13.6. The van der Waals surface area contributed by atoms with E-state index < -0.39 is 0 Å². The van der Waals surface area contributed by atoms with Gasteiger partial charge in [0.25, 0.3) is 0 Å². The van der Waals surface area contributed by atoms with Gasteiger partial charge < -0.3 is 10.1 Å². The molecule has 0 heterocycles. The summed E-state index contributed by atoms with van der Waals surface area (Å²) in [6.07, 6.45) is 0. The number of benzene rings is 2. The number of nitrogens with one attached hydrogen (secondary N) is 1. The van der Waals surface area contributed by atoms with E-state index in [1.165, 1.54) is 22.9 Å². The summed E-state index contributed by atoms with van der Waals surface area (Å²) in [7, 11) is 1.56. The Hall–Kier alpha value is -1.65. The third kappa shape index (κ3) is 4.66. The standard InChI is InChI=1S/C18H20ClNO2S/c1-11-5-7-15(9-12(11)2)23-13(3)18(21)20-16-10-14(19)6-8-17(16)22-4/h5-10,13H,1-4H3,(H,20,21)/t13-/m1/s1. The smallest absolute Gasteiger partial charge is 0.237 e. The van der Waals surface area contributed by atoms with Gasteiger partial charge in [0, 0.05) is 9.92 Å². The second-order valence-corrected chi connectivity index (χ2v) is 7.19. The fourth-order valence-electron chi connectivity index (χ4n) is 2.06. The lowest BCUT2D eigenvalue weighted by molar-refractivity contribution is -0.115. The normalized spacial score (nSPS) is 11.9. The Bertz CT molecular complexity index is 718. The van der Waals surface area contributed by atoms with Gasteiger partial charge >= 0.3 is 0 Å². The van der Waals surface area contributed by atoms with Crippen molar-refractivity contribution in [1.82, 2.24) is 0 Å². The molecule has 0 saturated heterocycles. The Labute approximate surface area is 146 Å². The first kappa shape index (κ1) is 17.7. The summed E-state index contributed by atoms with van der Waals surface area (Å²) in [4.78, 5) is 13.5. The highest BCUT2D eigenvalue weighted by Crippen LogP contribution is 2.30. The average Bonchev–Trinajstić information content (AvgIpc) is 2.51. The van der Waals surface area contributed by atoms with E-state index in [1.54, 1.807) is 25.3 Å². The van der Waals surface area contributed by atoms with Crippen LogP contribution in [0, 0.1) is 13.8 Å². The molecule has 1 N–H and O–H groups in total. The van der Waals surface area contributed by atoms with Crippen LogP contribution < -0.4 is 10.1 Å². The monoisotopic (exact) mass is 349 g/mol. The summed E-state index contributed by atoms with van der Waals surface area (Å²) in [6, 6.07) is 11.4. The number of aryl methyl sites for hydroxylation is 2. The summed E-state index contributed by atoms with van der Waals surface area (Å²) in [6.45, 7) is 6.03. The zero-order chi connectivity index (χ0) is 17.0. The lowest BCUT2D eigenvalue weighted by Crippen LogP contribution is -2.22. The molecule has 2 aromatic carbocycles. The Morgan fingerprint density at radius 1 is 1.17 bits per heavy atom. The molecule has 0 unspecified atom stereocenters. The van der Waals surface area contributed by atoms with E-state index in [9.17, 15) is 4.79 Å². The molecule has 0 aliphatic carbocycles. The molecular weight excluding hydrogens is 330 g/mol. The van der Waals surface area contributed by atoms with Crippen molar-refractivity contribution in [2.75, 3.05) is 12.4 Å². The van der Waals surface area contributed by atoms with E-state index in [2.05, 4.69) is 31.3 Å². The topological polar surface area (TPSA) is 38.3 Å². The van der Waals surface area contributed by atoms with E-state index in [0.717, 1.165) is 4.90 Å². The maximum absolute atomic E-state index is 12.4. The second-order valence-electron chi connectivity index (χ2n) is 5.34. The Morgan fingerprint density at radius 2 is 1.91 bits per heavy atom. The molecule has 122 valence electrons. The van der Waals surface area contributed by atoms with Gasteiger partial charge in [0.15, 0.2) is 0 Å². The molecular formula is C18H20ClNO2S. The number of methoxy groups -OCH3 is 1. The second kappa shape index (κ2) is 7.75. The molecule has 0 aromatic heterocycles. The largest absolute Gasteiger partial charge is 0.495 e. The molecule has 2 aromatic rings. The number of ether oxygens (including phenoxy) is 1. The van der Waals surface area contributed by atoms with E-state index in [1.807, 2.05) is 13.0 Å². The van der Waals surface area contributed by atoms with Crippen molar-refractivity contribution < 1.29 is 9.53 Å². The van der Waals surface area contributed by atoms with Crippen LogP contribution in [0.15, 0.2) is 41.3 Å². The number of rotatable bonds is 5. The highest BCUT2D eigenvalue weighted by Gasteiger charge is 2.17. The van der Waals surface area contributed by atoms with Crippen LogP contribution in [0.5, 0.6) is 5.75 Å². The van der Waals surface area contributed by atoms with Crippen molar-refractivity contribution in [3.05, 3.63) is 52.5 Å². The van der Waals surface area contributed by atoms with Gasteiger partial charge in [-0.05, 0) is 62.2 Å². The van der Waals surface area contributed by atoms with Crippen LogP contribution in [0.25, 0.3) is 0 Å². The predicted molar refractivity (Wildman–Crippen MR) is 97.9 cm³/mol. The van der Waals surface area contributed by atoms with Crippen molar-refractivity contribution in [2.24, 2.45) is 0 Å². The maximum Gasteiger partial charge on any atom is 0.237 e. The average molecular weight is 350 g/mol. The van der Waals surface area contributed by atoms with E-state index >= 15 is 0 Å². The van der Waals surface area contributed by atoms with Crippen LogP contribution >= 0.6 is 23.4 Å². The molecule has 0 aliphatic rings. The molecule has 1 atom stereocenters. The van der Waals surface area contributed by atoms with E-state index in [-0.39, 0.29) is 11.2 Å². The fraction of sp³-hybridized carbons (Fsp3) is 0.278. The van der Waals surface area contributed by atoms with Gasteiger partial charge in [-0.15, -0.1) is 11.8 Å². The Morgan fingerprint density at radius 3 is 2.57 bits per heavy atom. The highest BCUT2D eigenvalue weighted by molar-refractivity contribution is 8.00. The fourth-order valence-corrected chi connectivity index (χ4v) is 3.19. The van der Waals surface area contributed by atoms with Gasteiger partial charge in [0.05, 0.1) is 18.0 Å². The predicted octanol–water partition coefficient (Wildman–Crippen LogP) is 5.08. The maximum atomic E-state index is 12.4. The lowest BCUT2D eigenvalue weighted by Gasteiger charge is -2.15. The SMILES string of the molecule is COc1ccc(Cl)cc1NC(=O)[C@@H](C)Sc1ccc(C)c(C)c1. The molecule has 0 fully saturated rings. The quantitative estimate of drug-likeness (QED) is 0.764. The first-order chi connectivity index (χ1) is 10.9. The minimum Gasteiger partial charge on any atom is -0.495 e. The third-order valence-electron chi connectivity index (χ3n) is 3.58. The van der Waals surface area contributed by atoms with Crippen molar-refractivity contribution >= 4 is 35.0 Å². The number of carbonyl (C=O) groups is 1. The van der Waals surface area contributed by atoms with Crippen molar-refractivity contribution in [3.63, 3.8) is 0 Å². The summed E-state index contributed by atoms with van der Waals surface area (Å²) >= 11 is 7.51. The van der Waals surface area contributed by atoms with Crippen LogP contribution in [0.3, 0.4) is 0 Å². The number of thioether (sulfide) groups is 1. The zero-order valence-corrected chi connectivity index (χ0v) is 15.2. The first-order valence-corrected chi connectivity index (χ1v) is 8.55. The number of halogens is 1. The van der Waals surface area contributed by atoms with Crippen molar-refractivity contribution in [1.29, 1.82) is 0 Å². The van der Waals surface area contributed by atoms with Gasteiger partial charge in [0.1, 0.15) is 5.75 Å². The minimum atomic E-state index is -0.235. The van der Waals surface area contributed by atoms with Crippen molar-refractivity contribution in [2.45, 2.75) is 30.9 Å². The van der Waals surface area contributed by atoms with Gasteiger partial charge in [-0.3, -0.25) is 4.79 Å². The first-order valence-electron chi connectivity index (χ1n) is 7.29. The summed E-state index contributed by atoms with van der Waals surface area (Å²) in [5.41, 5.74) is 3.05. The molecule has 0 bridgehead atoms. The number of hydrogen-bond donors (Lipinski definition) is 1. The number of carbonyl (C=O) groups excluding carboxylic acids is 1. The molecule has 2 rings (SSSR count). The van der Waals surface area contributed by atoms with Crippen LogP contribution in [0.2, 0.25) is 5.02 Å². The van der Waals surface area contributed by atoms with Gasteiger partial charge in [-0.25, -0.2) is 0 Å². The summed E-state index contributed by atoms with van der Waals surface area (Å²) in [5, 5.41) is 3.20. The Balaban J connectivity index is 2.08. The molecule has 0 saturated carbocycles. The molecule has 23 heavy (non-hydrogen) atoms. The third-order valence-corrected chi connectivity index (χ3v) is 4.91.